The number of aromatic amines is 1. The van der Waals surface area contributed by atoms with Crippen molar-refractivity contribution in [3.05, 3.63) is 78.9 Å². The Balaban J connectivity index is 1.61. The Kier molecular flexibility index (Phi) is 3.41. The molecule has 0 saturated heterocycles. The molecule has 0 bridgehead atoms. The fourth-order valence-corrected chi connectivity index (χ4v) is 3.23. The highest BCUT2D eigenvalue weighted by Crippen LogP contribution is 2.29. The lowest BCUT2D eigenvalue weighted by atomic mass is 10.2. The summed E-state index contributed by atoms with van der Waals surface area (Å²) >= 11 is 1.77. The average Bonchev–Trinajstić information content (AvgIpc) is 3.00. The molecular weight excluding hydrogens is 288 g/mol. The summed E-state index contributed by atoms with van der Waals surface area (Å²) in [6.45, 7) is 0. The van der Waals surface area contributed by atoms with Gasteiger partial charge in [-0.3, -0.25) is 0 Å². The van der Waals surface area contributed by atoms with Crippen LogP contribution in [0.2, 0.25) is 0 Å². The number of rotatable bonds is 3. The van der Waals surface area contributed by atoms with E-state index in [9.17, 15) is 0 Å². The maximum absolute atomic E-state index is 4.63. The zero-order chi connectivity index (χ0) is 14.8. The van der Waals surface area contributed by atoms with Crippen molar-refractivity contribution in [3.63, 3.8) is 0 Å². The van der Waals surface area contributed by atoms with E-state index in [1.54, 1.807) is 11.8 Å². The summed E-state index contributed by atoms with van der Waals surface area (Å²) in [6, 6.07) is 27.0. The van der Waals surface area contributed by atoms with Gasteiger partial charge in [-0.2, -0.15) is 0 Å². The van der Waals surface area contributed by atoms with Crippen molar-refractivity contribution in [1.29, 1.82) is 0 Å². The van der Waals surface area contributed by atoms with E-state index in [4.69, 9.17) is 0 Å². The van der Waals surface area contributed by atoms with E-state index < -0.39 is 0 Å². The molecule has 0 spiro atoms. The topological polar surface area (TPSA) is 28.7 Å². The summed E-state index contributed by atoms with van der Waals surface area (Å²) in [6.07, 6.45) is 0. The Morgan fingerprint density at radius 1 is 0.682 bits per heavy atom. The van der Waals surface area contributed by atoms with Gasteiger partial charge in [0.25, 0.3) is 0 Å². The largest absolute Gasteiger partial charge is 0.338 e. The lowest BCUT2D eigenvalue weighted by molar-refractivity contribution is 1.32. The van der Waals surface area contributed by atoms with Gasteiger partial charge in [-0.1, -0.05) is 54.2 Å². The summed E-state index contributed by atoms with van der Waals surface area (Å²) in [4.78, 5) is 10.5. The predicted octanol–water partition coefficient (Wildman–Crippen LogP) is 5.38. The zero-order valence-corrected chi connectivity index (χ0v) is 12.7. The fourth-order valence-electron chi connectivity index (χ4n) is 2.39. The van der Waals surface area contributed by atoms with Gasteiger partial charge in [-0.25, -0.2) is 4.98 Å². The number of nitrogens with zero attached hydrogens (tertiary/aromatic N) is 1. The number of para-hydroxylation sites is 2. The first kappa shape index (κ1) is 13.2. The van der Waals surface area contributed by atoms with Gasteiger partial charge in [0, 0.05) is 15.4 Å². The van der Waals surface area contributed by atoms with E-state index in [1.165, 1.54) is 9.79 Å². The molecule has 2 nitrogen and oxygen atoms in total. The van der Waals surface area contributed by atoms with Crippen LogP contribution in [0.4, 0.5) is 0 Å². The third-order valence-corrected chi connectivity index (χ3v) is 4.51. The maximum Gasteiger partial charge on any atom is 0.138 e. The molecule has 0 radical (unpaired) electrons. The molecular formula is C19H14N2S. The lowest BCUT2D eigenvalue weighted by Crippen LogP contribution is -1.80. The summed E-state index contributed by atoms with van der Waals surface area (Å²) in [5.41, 5.74) is 3.18. The average molecular weight is 302 g/mol. The van der Waals surface area contributed by atoms with Crippen LogP contribution >= 0.6 is 11.8 Å². The molecule has 0 aliphatic carbocycles. The molecule has 3 aromatic carbocycles. The highest BCUT2D eigenvalue weighted by Gasteiger charge is 2.05. The van der Waals surface area contributed by atoms with E-state index in [2.05, 4.69) is 58.5 Å². The molecule has 0 unspecified atom stereocenters. The molecule has 4 aromatic rings. The van der Waals surface area contributed by atoms with Crippen LogP contribution in [0.25, 0.3) is 22.4 Å². The van der Waals surface area contributed by atoms with Gasteiger partial charge < -0.3 is 4.98 Å². The Bertz CT molecular complexity index is 863. The quantitative estimate of drug-likeness (QED) is 0.550. The van der Waals surface area contributed by atoms with Crippen LogP contribution in [0, 0.1) is 0 Å². The molecule has 22 heavy (non-hydrogen) atoms. The monoisotopic (exact) mass is 302 g/mol. The third kappa shape index (κ3) is 2.63. The predicted molar refractivity (Wildman–Crippen MR) is 92.1 cm³/mol. The van der Waals surface area contributed by atoms with Crippen LogP contribution in [-0.2, 0) is 0 Å². The molecule has 0 fully saturated rings. The molecule has 0 aliphatic heterocycles. The molecule has 0 atom stereocenters. The van der Waals surface area contributed by atoms with Gasteiger partial charge in [-0.15, -0.1) is 0 Å². The highest BCUT2D eigenvalue weighted by molar-refractivity contribution is 7.99. The SMILES string of the molecule is c1ccc(Sc2ccc(-c3nc4ccccc4[nH]3)cc2)cc1. The van der Waals surface area contributed by atoms with Crippen molar-refractivity contribution in [3.8, 4) is 11.4 Å². The highest BCUT2D eigenvalue weighted by atomic mass is 32.2. The van der Waals surface area contributed by atoms with Crippen LogP contribution in [0.15, 0.2) is 88.7 Å². The molecule has 0 saturated carbocycles. The van der Waals surface area contributed by atoms with E-state index in [-0.39, 0.29) is 0 Å². The first-order chi connectivity index (χ1) is 10.9. The van der Waals surface area contributed by atoms with E-state index >= 15 is 0 Å². The first-order valence-electron chi connectivity index (χ1n) is 7.16. The van der Waals surface area contributed by atoms with Crippen LogP contribution in [0.5, 0.6) is 0 Å². The second-order valence-corrected chi connectivity index (χ2v) is 6.19. The van der Waals surface area contributed by atoms with Crippen molar-refractivity contribution in [2.24, 2.45) is 0 Å². The number of nitrogens with one attached hydrogen (secondary N) is 1. The summed E-state index contributed by atoms with van der Waals surface area (Å²) < 4.78 is 0. The van der Waals surface area contributed by atoms with Crippen LogP contribution in [0.1, 0.15) is 0 Å². The van der Waals surface area contributed by atoms with Crippen LogP contribution in [0.3, 0.4) is 0 Å². The number of imidazole rings is 1. The van der Waals surface area contributed by atoms with Crippen LogP contribution in [-0.4, -0.2) is 9.97 Å². The second-order valence-electron chi connectivity index (χ2n) is 5.04. The van der Waals surface area contributed by atoms with E-state index in [0.717, 1.165) is 22.4 Å². The number of H-pyrrole nitrogens is 1. The van der Waals surface area contributed by atoms with Crippen molar-refractivity contribution >= 4 is 22.8 Å². The Morgan fingerprint density at radius 2 is 1.36 bits per heavy atom. The van der Waals surface area contributed by atoms with Gasteiger partial charge in [0.2, 0.25) is 0 Å². The zero-order valence-electron chi connectivity index (χ0n) is 11.9. The minimum atomic E-state index is 0.914. The second kappa shape index (κ2) is 5.70. The number of hydrogen-bond acceptors (Lipinski definition) is 2. The summed E-state index contributed by atoms with van der Waals surface area (Å²) in [5.74, 6) is 0.914. The van der Waals surface area contributed by atoms with E-state index in [0.29, 0.717) is 0 Å². The lowest BCUT2D eigenvalue weighted by Gasteiger charge is -2.02. The standard InChI is InChI=1S/C19H14N2S/c1-2-6-15(7-3-1)22-16-12-10-14(11-13-16)19-20-17-8-4-5-9-18(17)21-19/h1-13H,(H,20,21). The molecule has 4 rings (SSSR count). The number of aromatic nitrogens is 2. The van der Waals surface area contributed by atoms with Crippen molar-refractivity contribution in [1.82, 2.24) is 9.97 Å². The van der Waals surface area contributed by atoms with Crippen molar-refractivity contribution in [2.45, 2.75) is 9.79 Å². The number of fused-ring (bicyclic) bond motifs is 1. The number of benzene rings is 3. The van der Waals surface area contributed by atoms with Crippen molar-refractivity contribution < 1.29 is 0 Å². The third-order valence-electron chi connectivity index (χ3n) is 3.50. The first-order valence-corrected chi connectivity index (χ1v) is 7.98. The summed E-state index contributed by atoms with van der Waals surface area (Å²) in [7, 11) is 0. The molecule has 0 aliphatic rings. The molecule has 1 aromatic heterocycles. The molecule has 1 N–H and O–H groups in total. The van der Waals surface area contributed by atoms with Gasteiger partial charge in [0.05, 0.1) is 11.0 Å². The maximum atomic E-state index is 4.63. The minimum Gasteiger partial charge on any atom is -0.338 e. The Morgan fingerprint density at radius 3 is 2.14 bits per heavy atom. The molecule has 3 heteroatoms. The van der Waals surface area contributed by atoms with Gasteiger partial charge >= 0.3 is 0 Å². The molecule has 0 amide bonds. The Labute approximate surface area is 133 Å². The normalized spacial score (nSPS) is 10.9. The van der Waals surface area contributed by atoms with Gasteiger partial charge in [-0.05, 0) is 36.4 Å². The smallest absolute Gasteiger partial charge is 0.138 e. The van der Waals surface area contributed by atoms with Gasteiger partial charge in [0.15, 0.2) is 0 Å². The van der Waals surface area contributed by atoms with Gasteiger partial charge in [0.1, 0.15) is 5.82 Å². The molecule has 1 heterocycles. The minimum absolute atomic E-state index is 0.914. The number of hydrogen-bond donors (Lipinski definition) is 1. The molecule has 106 valence electrons. The van der Waals surface area contributed by atoms with Crippen LogP contribution < -0.4 is 0 Å². The van der Waals surface area contributed by atoms with Crippen molar-refractivity contribution in [2.75, 3.05) is 0 Å². The fraction of sp³-hybridized carbons (Fsp3) is 0. The van der Waals surface area contributed by atoms with E-state index in [1.807, 2.05) is 30.3 Å². The Hall–Kier alpha value is -2.52. The summed E-state index contributed by atoms with van der Waals surface area (Å²) in [5, 5.41) is 0.